The zero-order valence-corrected chi connectivity index (χ0v) is 6.81. The maximum atomic E-state index is 11.1. The highest BCUT2D eigenvalue weighted by Crippen LogP contribution is 2.03. The second-order valence-electron chi connectivity index (χ2n) is 2.50. The Labute approximate surface area is 61.9 Å². The molecule has 0 N–H and O–H groups in total. The van der Waals surface area contributed by atoms with Gasteiger partial charge in [-0.05, 0) is 12.5 Å². The van der Waals surface area contributed by atoms with Gasteiger partial charge in [-0.25, -0.2) is 0 Å². The molecule has 0 aliphatic heterocycles. The number of ether oxygens (including phenoxy) is 1. The first kappa shape index (κ1) is 9.37. The van der Waals surface area contributed by atoms with Crippen molar-refractivity contribution in [3.05, 3.63) is 12.2 Å². The third kappa shape index (κ3) is 2.78. The molecule has 2 heteroatoms. The molecule has 0 heterocycles. The quantitative estimate of drug-likeness (QED) is 0.555. The van der Waals surface area contributed by atoms with E-state index >= 15 is 0 Å². The average molecular weight is 142 g/mol. The summed E-state index contributed by atoms with van der Waals surface area (Å²) in [4.78, 5) is 11.1. The Bertz CT molecular complexity index is 138. The van der Waals surface area contributed by atoms with Crippen LogP contribution >= 0.6 is 0 Å². The molecule has 0 aromatic rings. The summed E-state index contributed by atoms with van der Waals surface area (Å²) in [5.74, 6) is 0.0318. The first-order valence-corrected chi connectivity index (χ1v) is 3.28. The average Bonchev–Trinajstić information content (AvgIpc) is 1.87. The summed E-state index contributed by atoms with van der Waals surface area (Å²) >= 11 is 0. The second kappa shape index (κ2) is 4.23. The normalized spacial score (nSPS) is 12.7. The van der Waals surface area contributed by atoms with Crippen LogP contribution in [0.5, 0.6) is 0 Å². The Hall–Kier alpha value is -0.630. The summed E-state index contributed by atoms with van der Waals surface area (Å²) < 4.78 is 4.81. The molecule has 0 amide bonds. The van der Waals surface area contributed by atoms with E-state index in [9.17, 15) is 4.79 Å². The standard InChI is InChI=1S/C8H14O2/c1-6(2)8(9)7(3)5-10-4/h7H,1,5H2,2-4H3. The van der Waals surface area contributed by atoms with E-state index in [0.717, 1.165) is 0 Å². The van der Waals surface area contributed by atoms with Crippen LogP contribution in [0.25, 0.3) is 0 Å². The third-order valence-corrected chi connectivity index (χ3v) is 1.28. The van der Waals surface area contributed by atoms with Gasteiger partial charge in [-0.3, -0.25) is 4.79 Å². The molecule has 1 unspecified atom stereocenters. The van der Waals surface area contributed by atoms with Gasteiger partial charge < -0.3 is 4.74 Å². The Kier molecular flexibility index (Phi) is 3.96. The summed E-state index contributed by atoms with van der Waals surface area (Å²) in [6.07, 6.45) is 0. The summed E-state index contributed by atoms with van der Waals surface area (Å²) in [6, 6.07) is 0. The molecule has 0 bridgehead atoms. The van der Waals surface area contributed by atoms with Crippen LogP contribution in [0.15, 0.2) is 12.2 Å². The van der Waals surface area contributed by atoms with E-state index < -0.39 is 0 Å². The predicted octanol–water partition coefficient (Wildman–Crippen LogP) is 1.41. The van der Waals surface area contributed by atoms with Crippen LogP contribution in [-0.2, 0) is 9.53 Å². The Morgan fingerprint density at radius 2 is 2.20 bits per heavy atom. The number of hydrogen-bond acceptors (Lipinski definition) is 2. The first-order chi connectivity index (χ1) is 4.59. The van der Waals surface area contributed by atoms with Crippen molar-refractivity contribution in [3.63, 3.8) is 0 Å². The van der Waals surface area contributed by atoms with Gasteiger partial charge in [-0.2, -0.15) is 0 Å². The minimum atomic E-state index is -0.0532. The Balaban J connectivity index is 3.82. The molecule has 0 saturated carbocycles. The van der Waals surface area contributed by atoms with Crippen LogP contribution in [0.4, 0.5) is 0 Å². The van der Waals surface area contributed by atoms with E-state index in [1.165, 1.54) is 0 Å². The smallest absolute Gasteiger partial charge is 0.163 e. The van der Waals surface area contributed by atoms with Crippen molar-refractivity contribution in [1.82, 2.24) is 0 Å². The number of carbonyl (C=O) groups is 1. The van der Waals surface area contributed by atoms with Crippen molar-refractivity contribution in [2.24, 2.45) is 5.92 Å². The van der Waals surface area contributed by atoms with Gasteiger partial charge in [0.2, 0.25) is 0 Å². The molecule has 0 aromatic heterocycles. The molecule has 0 aliphatic rings. The minimum Gasteiger partial charge on any atom is -0.384 e. The van der Waals surface area contributed by atoms with Crippen molar-refractivity contribution in [3.8, 4) is 0 Å². The van der Waals surface area contributed by atoms with Gasteiger partial charge in [-0.15, -0.1) is 0 Å². The fourth-order valence-electron chi connectivity index (χ4n) is 0.746. The SMILES string of the molecule is C=C(C)C(=O)C(C)COC. The number of methoxy groups -OCH3 is 1. The van der Waals surface area contributed by atoms with Crippen LogP contribution in [0.1, 0.15) is 13.8 Å². The number of Topliss-reactive ketones (excluding diaryl/α,β-unsaturated/α-hetero) is 1. The van der Waals surface area contributed by atoms with Gasteiger partial charge in [0.15, 0.2) is 5.78 Å². The number of hydrogen-bond donors (Lipinski definition) is 0. The monoisotopic (exact) mass is 142 g/mol. The Morgan fingerprint density at radius 3 is 2.50 bits per heavy atom. The maximum Gasteiger partial charge on any atom is 0.163 e. The lowest BCUT2D eigenvalue weighted by Gasteiger charge is -2.07. The van der Waals surface area contributed by atoms with E-state index in [1.807, 2.05) is 6.92 Å². The fourth-order valence-corrected chi connectivity index (χ4v) is 0.746. The highest BCUT2D eigenvalue weighted by Gasteiger charge is 2.11. The van der Waals surface area contributed by atoms with Gasteiger partial charge in [0.05, 0.1) is 6.61 Å². The van der Waals surface area contributed by atoms with Crippen LogP contribution in [-0.4, -0.2) is 19.5 Å². The van der Waals surface area contributed by atoms with Crippen LogP contribution in [0, 0.1) is 5.92 Å². The Morgan fingerprint density at radius 1 is 1.70 bits per heavy atom. The molecule has 10 heavy (non-hydrogen) atoms. The number of carbonyl (C=O) groups excluding carboxylic acids is 1. The molecule has 0 aliphatic carbocycles. The summed E-state index contributed by atoms with van der Waals surface area (Å²) in [5.41, 5.74) is 0.601. The van der Waals surface area contributed by atoms with Crippen molar-refractivity contribution >= 4 is 5.78 Å². The van der Waals surface area contributed by atoms with Crippen molar-refractivity contribution in [2.45, 2.75) is 13.8 Å². The van der Waals surface area contributed by atoms with E-state index in [0.29, 0.717) is 12.2 Å². The molecule has 0 spiro atoms. The van der Waals surface area contributed by atoms with Crippen molar-refractivity contribution in [2.75, 3.05) is 13.7 Å². The van der Waals surface area contributed by atoms with E-state index in [4.69, 9.17) is 4.74 Å². The predicted molar refractivity (Wildman–Crippen MR) is 40.9 cm³/mol. The fraction of sp³-hybridized carbons (Fsp3) is 0.625. The van der Waals surface area contributed by atoms with Gasteiger partial charge in [0, 0.05) is 13.0 Å². The summed E-state index contributed by atoms with van der Waals surface area (Å²) in [6.45, 7) is 7.58. The number of rotatable bonds is 4. The van der Waals surface area contributed by atoms with Gasteiger partial charge in [0.25, 0.3) is 0 Å². The van der Waals surface area contributed by atoms with Gasteiger partial charge in [-0.1, -0.05) is 13.5 Å². The molecule has 1 atom stereocenters. The lowest BCUT2D eigenvalue weighted by Crippen LogP contribution is -2.16. The van der Waals surface area contributed by atoms with Crippen LogP contribution in [0.3, 0.4) is 0 Å². The molecule has 58 valence electrons. The zero-order chi connectivity index (χ0) is 8.15. The molecule has 0 fully saturated rings. The zero-order valence-electron chi connectivity index (χ0n) is 6.81. The largest absolute Gasteiger partial charge is 0.384 e. The van der Waals surface area contributed by atoms with Crippen LogP contribution < -0.4 is 0 Å². The van der Waals surface area contributed by atoms with E-state index in [1.54, 1.807) is 14.0 Å². The molecule has 0 saturated heterocycles. The molecule has 0 aromatic carbocycles. The second-order valence-corrected chi connectivity index (χ2v) is 2.50. The highest BCUT2D eigenvalue weighted by atomic mass is 16.5. The van der Waals surface area contributed by atoms with E-state index in [-0.39, 0.29) is 11.7 Å². The number of allylic oxidation sites excluding steroid dienone is 1. The topological polar surface area (TPSA) is 26.3 Å². The third-order valence-electron chi connectivity index (χ3n) is 1.28. The van der Waals surface area contributed by atoms with Crippen molar-refractivity contribution < 1.29 is 9.53 Å². The lowest BCUT2D eigenvalue weighted by molar-refractivity contribution is -0.120. The minimum absolute atomic E-state index is 0.0532. The van der Waals surface area contributed by atoms with Gasteiger partial charge in [0.1, 0.15) is 0 Å². The summed E-state index contributed by atoms with van der Waals surface area (Å²) in [5, 5.41) is 0. The van der Waals surface area contributed by atoms with Gasteiger partial charge >= 0.3 is 0 Å². The molecular weight excluding hydrogens is 128 g/mol. The lowest BCUT2D eigenvalue weighted by atomic mass is 10.0. The summed E-state index contributed by atoms with van der Waals surface area (Å²) in [7, 11) is 1.59. The molecule has 0 rings (SSSR count). The molecular formula is C8H14O2. The maximum absolute atomic E-state index is 11.1. The first-order valence-electron chi connectivity index (χ1n) is 3.28. The highest BCUT2D eigenvalue weighted by molar-refractivity contribution is 5.95. The number of ketones is 1. The molecule has 2 nitrogen and oxygen atoms in total. The van der Waals surface area contributed by atoms with Crippen LogP contribution in [0.2, 0.25) is 0 Å². The van der Waals surface area contributed by atoms with Crippen molar-refractivity contribution in [1.29, 1.82) is 0 Å². The van der Waals surface area contributed by atoms with E-state index in [2.05, 4.69) is 6.58 Å². The molecule has 0 radical (unpaired) electrons.